The van der Waals surface area contributed by atoms with Crippen molar-refractivity contribution in [3.63, 3.8) is 0 Å². The van der Waals surface area contributed by atoms with Gasteiger partial charge in [-0.1, -0.05) is 12.1 Å². The molecular weight excluding hydrogens is 404 g/mol. The highest BCUT2D eigenvalue weighted by molar-refractivity contribution is 7.92. The fraction of sp³-hybridized carbons (Fsp3) is 0.333. The smallest absolute Gasteiger partial charge is 0.328 e. The molecule has 2 aromatic carbocycles. The van der Waals surface area contributed by atoms with Crippen molar-refractivity contribution in [1.82, 2.24) is 14.0 Å². The maximum absolute atomic E-state index is 13.2. The fourth-order valence-corrected chi connectivity index (χ4v) is 5.09. The van der Waals surface area contributed by atoms with Crippen LogP contribution in [0.25, 0.3) is 11.0 Å². The molecule has 0 spiro atoms. The number of imidazole rings is 1. The number of hydrogen-bond acceptors (Lipinski definition) is 4. The quantitative estimate of drug-likeness (QED) is 0.690. The van der Waals surface area contributed by atoms with Crippen LogP contribution >= 0.6 is 0 Å². The molecule has 0 saturated carbocycles. The number of nitrogens with one attached hydrogen (secondary N) is 1. The minimum atomic E-state index is -3.97. The molecule has 1 saturated heterocycles. The van der Waals surface area contributed by atoms with Gasteiger partial charge in [-0.15, -0.1) is 0 Å². The molecule has 0 bridgehead atoms. The van der Waals surface area contributed by atoms with Crippen molar-refractivity contribution in [2.24, 2.45) is 14.1 Å². The molecule has 3 aromatic rings. The average Bonchev–Trinajstić information content (AvgIpc) is 3.33. The van der Waals surface area contributed by atoms with E-state index >= 15 is 0 Å². The fourth-order valence-electron chi connectivity index (χ4n) is 3.92. The molecule has 158 valence electrons. The lowest BCUT2D eigenvalue weighted by molar-refractivity contribution is 0.0794. The van der Waals surface area contributed by atoms with Crippen LogP contribution in [0.3, 0.4) is 0 Å². The van der Waals surface area contributed by atoms with Gasteiger partial charge >= 0.3 is 5.69 Å². The molecule has 1 aromatic heterocycles. The molecule has 2 heterocycles. The summed E-state index contributed by atoms with van der Waals surface area (Å²) in [5, 5.41) is 0. The summed E-state index contributed by atoms with van der Waals surface area (Å²) < 4.78 is 31.8. The second-order valence-electron chi connectivity index (χ2n) is 7.65. The number of benzene rings is 2. The molecule has 0 atom stereocenters. The van der Waals surface area contributed by atoms with E-state index < -0.39 is 10.0 Å². The molecule has 4 rings (SSSR count). The Morgan fingerprint density at radius 3 is 2.37 bits per heavy atom. The third kappa shape index (κ3) is 3.28. The molecule has 8 nitrogen and oxygen atoms in total. The van der Waals surface area contributed by atoms with E-state index in [1.807, 2.05) is 0 Å². The van der Waals surface area contributed by atoms with Crippen LogP contribution in [0, 0.1) is 6.92 Å². The summed E-state index contributed by atoms with van der Waals surface area (Å²) in [6.45, 7) is 3.12. The summed E-state index contributed by atoms with van der Waals surface area (Å²) in [5.41, 5.74) is 2.22. The lowest BCUT2D eigenvalue weighted by atomic mass is 10.1. The summed E-state index contributed by atoms with van der Waals surface area (Å²) in [4.78, 5) is 26.9. The number of likely N-dealkylation sites (tertiary alicyclic amines) is 1. The highest BCUT2D eigenvalue weighted by atomic mass is 32.2. The molecule has 0 unspecified atom stereocenters. The lowest BCUT2D eigenvalue weighted by Gasteiger charge is -2.20. The van der Waals surface area contributed by atoms with Gasteiger partial charge in [-0.3, -0.25) is 18.7 Å². The minimum absolute atomic E-state index is 0.0269. The van der Waals surface area contributed by atoms with Crippen molar-refractivity contribution in [1.29, 1.82) is 0 Å². The average molecular weight is 429 g/mol. The van der Waals surface area contributed by atoms with E-state index in [2.05, 4.69) is 4.72 Å². The monoisotopic (exact) mass is 428 g/mol. The van der Waals surface area contributed by atoms with Crippen LogP contribution in [-0.2, 0) is 24.1 Å². The van der Waals surface area contributed by atoms with Crippen molar-refractivity contribution >= 4 is 32.7 Å². The van der Waals surface area contributed by atoms with Crippen LogP contribution < -0.4 is 10.4 Å². The molecule has 1 N–H and O–H groups in total. The molecule has 1 fully saturated rings. The number of hydrogen-bond donors (Lipinski definition) is 1. The summed E-state index contributed by atoms with van der Waals surface area (Å²) in [7, 11) is -0.733. The number of anilines is 1. The van der Waals surface area contributed by atoms with Crippen molar-refractivity contribution in [2.75, 3.05) is 17.8 Å². The number of carbonyl (C=O) groups is 1. The molecule has 1 amide bonds. The third-order valence-electron chi connectivity index (χ3n) is 5.69. The number of nitrogens with zero attached hydrogens (tertiary/aromatic N) is 3. The number of para-hydroxylation sites is 1. The van der Waals surface area contributed by atoms with Crippen LogP contribution in [0.15, 0.2) is 46.1 Å². The first-order valence-electron chi connectivity index (χ1n) is 9.78. The van der Waals surface area contributed by atoms with Crippen molar-refractivity contribution in [2.45, 2.75) is 24.7 Å². The van der Waals surface area contributed by atoms with Gasteiger partial charge in [0.25, 0.3) is 15.9 Å². The van der Waals surface area contributed by atoms with Gasteiger partial charge in [0.05, 0.1) is 27.2 Å². The highest BCUT2D eigenvalue weighted by Crippen LogP contribution is 2.27. The van der Waals surface area contributed by atoms with Crippen LogP contribution in [-0.4, -0.2) is 41.4 Å². The zero-order valence-corrected chi connectivity index (χ0v) is 18.0. The Balaban J connectivity index is 1.75. The van der Waals surface area contributed by atoms with Gasteiger partial charge < -0.3 is 4.90 Å². The van der Waals surface area contributed by atoms with Crippen LogP contribution in [0.2, 0.25) is 0 Å². The number of aromatic nitrogens is 2. The van der Waals surface area contributed by atoms with E-state index in [0.29, 0.717) is 35.2 Å². The Kier molecular flexibility index (Phi) is 4.93. The maximum atomic E-state index is 13.2. The van der Waals surface area contributed by atoms with Gasteiger partial charge in [0.15, 0.2) is 0 Å². The zero-order valence-electron chi connectivity index (χ0n) is 17.2. The Hall–Kier alpha value is -3.07. The van der Waals surface area contributed by atoms with E-state index in [9.17, 15) is 18.0 Å². The van der Waals surface area contributed by atoms with Crippen molar-refractivity contribution in [3.05, 3.63) is 58.0 Å². The Labute approximate surface area is 174 Å². The van der Waals surface area contributed by atoms with Crippen molar-refractivity contribution < 1.29 is 13.2 Å². The van der Waals surface area contributed by atoms with E-state index in [0.717, 1.165) is 12.8 Å². The molecule has 1 aliphatic rings. The number of aryl methyl sites for hydroxylation is 3. The molecule has 0 aliphatic carbocycles. The van der Waals surface area contributed by atoms with Gasteiger partial charge in [0.2, 0.25) is 0 Å². The minimum Gasteiger partial charge on any atom is -0.339 e. The summed E-state index contributed by atoms with van der Waals surface area (Å²) in [5.74, 6) is -0.171. The van der Waals surface area contributed by atoms with Gasteiger partial charge in [0.1, 0.15) is 0 Å². The highest BCUT2D eigenvalue weighted by Gasteiger charge is 2.25. The lowest BCUT2D eigenvalue weighted by Crippen LogP contribution is -2.29. The van der Waals surface area contributed by atoms with Gasteiger partial charge in [0, 0.05) is 27.2 Å². The van der Waals surface area contributed by atoms with Gasteiger partial charge in [-0.05, 0) is 49.6 Å². The third-order valence-corrected chi connectivity index (χ3v) is 7.03. The Bertz CT molecular complexity index is 1310. The molecule has 0 radical (unpaired) electrons. The number of carbonyl (C=O) groups excluding carboxylic acids is 1. The number of sulfonamides is 1. The number of amides is 1. The topological polar surface area (TPSA) is 93.4 Å². The second kappa shape index (κ2) is 7.32. The Morgan fingerprint density at radius 2 is 1.67 bits per heavy atom. The van der Waals surface area contributed by atoms with E-state index in [1.54, 1.807) is 50.2 Å². The Morgan fingerprint density at radius 1 is 1.00 bits per heavy atom. The zero-order chi connectivity index (χ0) is 21.6. The number of rotatable bonds is 4. The first-order chi connectivity index (χ1) is 14.2. The van der Waals surface area contributed by atoms with E-state index in [-0.39, 0.29) is 22.2 Å². The summed E-state index contributed by atoms with van der Waals surface area (Å²) in [6, 6.07) is 9.71. The summed E-state index contributed by atoms with van der Waals surface area (Å²) in [6.07, 6.45) is 1.91. The van der Waals surface area contributed by atoms with Gasteiger partial charge in [-0.2, -0.15) is 0 Å². The van der Waals surface area contributed by atoms with E-state index in [1.165, 1.54) is 21.3 Å². The maximum Gasteiger partial charge on any atom is 0.328 e. The molecular formula is C21H24N4O4S. The molecule has 30 heavy (non-hydrogen) atoms. The number of fused-ring (bicyclic) bond motifs is 1. The predicted octanol–water partition coefficient (Wildman–Crippen LogP) is 2.22. The molecule has 9 heteroatoms. The largest absolute Gasteiger partial charge is 0.339 e. The predicted molar refractivity (Wildman–Crippen MR) is 115 cm³/mol. The van der Waals surface area contributed by atoms with Crippen LogP contribution in [0.5, 0.6) is 0 Å². The van der Waals surface area contributed by atoms with Crippen molar-refractivity contribution in [3.8, 4) is 0 Å². The normalized spacial score (nSPS) is 14.4. The van der Waals surface area contributed by atoms with E-state index in [4.69, 9.17) is 0 Å². The van der Waals surface area contributed by atoms with Crippen LogP contribution in [0.1, 0.15) is 28.8 Å². The van der Waals surface area contributed by atoms with Gasteiger partial charge in [-0.25, -0.2) is 13.2 Å². The standard InChI is InChI=1S/C21H24N4O4S/c1-14-7-6-8-16(20(26)25-11-4-5-12-25)19(14)22-30(28,29)15-9-10-17-18(13-15)24(3)21(27)23(17)2/h6-10,13,22H,4-5,11-12H2,1-3H3. The SMILES string of the molecule is Cc1cccc(C(=O)N2CCCC2)c1NS(=O)(=O)c1ccc2c(c1)n(C)c(=O)n2C. The van der Waals surface area contributed by atoms with Crippen LogP contribution in [0.4, 0.5) is 5.69 Å². The first-order valence-corrected chi connectivity index (χ1v) is 11.3. The summed E-state index contributed by atoms with van der Waals surface area (Å²) >= 11 is 0. The first kappa shape index (κ1) is 20.2. The second-order valence-corrected chi connectivity index (χ2v) is 9.34. The molecule has 1 aliphatic heterocycles.